The van der Waals surface area contributed by atoms with Crippen LogP contribution in [0.25, 0.3) is 0 Å². The predicted molar refractivity (Wildman–Crippen MR) is 57.7 cm³/mol. The molecule has 1 N–H and O–H groups in total. The molecular formula is C9H20N2O2S. The largest absolute Gasteiger partial charge is 0.315 e. The van der Waals surface area contributed by atoms with Crippen molar-refractivity contribution in [3.8, 4) is 0 Å². The minimum Gasteiger partial charge on any atom is -0.315 e. The van der Waals surface area contributed by atoms with Gasteiger partial charge in [0.1, 0.15) is 0 Å². The first-order valence-corrected chi connectivity index (χ1v) is 6.71. The van der Waals surface area contributed by atoms with E-state index in [2.05, 4.69) is 5.32 Å². The zero-order chi connectivity index (χ0) is 10.8. The minimum atomic E-state index is -3.08. The Morgan fingerprint density at radius 1 is 1.50 bits per heavy atom. The summed E-state index contributed by atoms with van der Waals surface area (Å²) in [4.78, 5) is 0. The molecular weight excluding hydrogens is 200 g/mol. The number of nitrogens with one attached hydrogen (secondary N) is 1. The van der Waals surface area contributed by atoms with Gasteiger partial charge in [-0.15, -0.1) is 0 Å². The molecule has 1 aliphatic rings. The molecule has 0 aliphatic carbocycles. The average molecular weight is 220 g/mol. The van der Waals surface area contributed by atoms with Crippen LogP contribution in [0.15, 0.2) is 0 Å². The zero-order valence-corrected chi connectivity index (χ0v) is 9.97. The van der Waals surface area contributed by atoms with E-state index in [0.29, 0.717) is 6.54 Å². The van der Waals surface area contributed by atoms with Crippen LogP contribution in [0.2, 0.25) is 0 Å². The fourth-order valence-corrected chi connectivity index (χ4v) is 3.30. The van der Waals surface area contributed by atoms with Gasteiger partial charge in [-0.2, -0.15) is 4.31 Å². The van der Waals surface area contributed by atoms with E-state index in [1.807, 2.05) is 6.92 Å². The normalized spacial score (nSPS) is 23.6. The van der Waals surface area contributed by atoms with E-state index in [1.165, 1.54) is 0 Å². The maximum absolute atomic E-state index is 11.9. The van der Waals surface area contributed by atoms with Gasteiger partial charge in [-0.3, -0.25) is 0 Å². The SMILES string of the molecule is CCN(C1CCNC1)S(=O)(=O)C(C)C. The molecule has 4 nitrogen and oxygen atoms in total. The van der Waals surface area contributed by atoms with E-state index in [9.17, 15) is 8.42 Å². The Morgan fingerprint density at radius 2 is 2.14 bits per heavy atom. The number of hydrogen-bond donors (Lipinski definition) is 1. The summed E-state index contributed by atoms with van der Waals surface area (Å²) in [6.07, 6.45) is 0.930. The molecule has 0 amide bonds. The van der Waals surface area contributed by atoms with Crippen LogP contribution in [-0.4, -0.2) is 43.6 Å². The Bertz CT molecular complexity index is 269. The van der Waals surface area contributed by atoms with Gasteiger partial charge in [0, 0.05) is 19.1 Å². The van der Waals surface area contributed by atoms with Gasteiger partial charge in [-0.1, -0.05) is 6.92 Å². The van der Waals surface area contributed by atoms with Crippen LogP contribution in [0.5, 0.6) is 0 Å². The van der Waals surface area contributed by atoms with Gasteiger partial charge in [0.05, 0.1) is 5.25 Å². The monoisotopic (exact) mass is 220 g/mol. The molecule has 84 valence electrons. The third-order valence-electron chi connectivity index (χ3n) is 2.68. The van der Waals surface area contributed by atoms with Crippen LogP contribution in [0.3, 0.4) is 0 Å². The van der Waals surface area contributed by atoms with Crippen molar-refractivity contribution >= 4 is 10.0 Å². The fraction of sp³-hybridized carbons (Fsp3) is 1.00. The number of sulfonamides is 1. The van der Waals surface area contributed by atoms with Gasteiger partial charge in [-0.25, -0.2) is 8.42 Å². The van der Waals surface area contributed by atoms with Crippen LogP contribution < -0.4 is 5.32 Å². The van der Waals surface area contributed by atoms with Crippen LogP contribution in [0.1, 0.15) is 27.2 Å². The molecule has 5 heteroatoms. The van der Waals surface area contributed by atoms with Crippen LogP contribution in [-0.2, 0) is 10.0 Å². The first kappa shape index (κ1) is 11.9. The van der Waals surface area contributed by atoms with Crippen molar-refractivity contribution in [1.82, 2.24) is 9.62 Å². The summed E-state index contributed by atoms with van der Waals surface area (Å²) in [5.41, 5.74) is 0. The number of likely N-dealkylation sites (N-methyl/N-ethyl adjacent to an activating group) is 1. The fourth-order valence-electron chi connectivity index (χ4n) is 1.80. The van der Waals surface area contributed by atoms with Crippen LogP contribution in [0.4, 0.5) is 0 Å². The quantitative estimate of drug-likeness (QED) is 0.746. The van der Waals surface area contributed by atoms with Crippen molar-refractivity contribution in [2.75, 3.05) is 19.6 Å². The Balaban J connectivity index is 2.80. The Hall–Kier alpha value is -0.130. The van der Waals surface area contributed by atoms with E-state index in [4.69, 9.17) is 0 Å². The molecule has 1 unspecified atom stereocenters. The van der Waals surface area contributed by atoms with Gasteiger partial charge < -0.3 is 5.32 Å². The molecule has 0 bridgehead atoms. The minimum absolute atomic E-state index is 0.160. The number of nitrogens with zero attached hydrogens (tertiary/aromatic N) is 1. The van der Waals surface area contributed by atoms with E-state index >= 15 is 0 Å². The molecule has 0 aromatic rings. The van der Waals surface area contributed by atoms with E-state index < -0.39 is 10.0 Å². The lowest BCUT2D eigenvalue weighted by Gasteiger charge is -2.28. The second-order valence-corrected chi connectivity index (χ2v) is 6.39. The smallest absolute Gasteiger partial charge is 0.216 e. The van der Waals surface area contributed by atoms with Crippen molar-refractivity contribution in [3.63, 3.8) is 0 Å². The first-order valence-electron chi connectivity index (χ1n) is 5.21. The predicted octanol–water partition coefficient (Wildman–Crippen LogP) is 0.408. The zero-order valence-electron chi connectivity index (χ0n) is 9.16. The highest BCUT2D eigenvalue weighted by atomic mass is 32.2. The maximum Gasteiger partial charge on any atom is 0.216 e. The third-order valence-corrected chi connectivity index (χ3v) is 5.08. The van der Waals surface area contributed by atoms with Crippen LogP contribution >= 0.6 is 0 Å². The lowest BCUT2D eigenvalue weighted by atomic mass is 10.3. The Morgan fingerprint density at radius 3 is 2.50 bits per heavy atom. The van der Waals surface area contributed by atoms with Crippen molar-refractivity contribution in [2.24, 2.45) is 0 Å². The molecule has 1 heterocycles. The summed E-state index contributed by atoms with van der Waals surface area (Å²) in [5, 5.41) is 2.88. The van der Waals surface area contributed by atoms with E-state index in [-0.39, 0.29) is 11.3 Å². The average Bonchev–Trinajstić information content (AvgIpc) is 2.57. The molecule has 1 fully saturated rings. The number of hydrogen-bond acceptors (Lipinski definition) is 3. The summed E-state index contributed by atoms with van der Waals surface area (Å²) < 4.78 is 25.5. The molecule has 0 aromatic carbocycles. The van der Waals surface area contributed by atoms with E-state index in [0.717, 1.165) is 19.5 Å². The molecule has 1 saturated heterocycles. The Kier molecular flexibility index (Phi) is 3.92. The summed E-state index contributed by atoms with van der Waals surface area (Å²) in [6, 6.07) is 0.160. The molecule has 0 aromatic heterocycles. The lowest BCUT2D eigenvalue weighted by Crippen LogP contribution is -2.44. The van der Waals surface area contributed by atoms with Crippen LogP contribution in [0, 0.1) is 0 Å². The molecule has 1 rings (SSSR count). The molecule has 1 atom stereocenters. The summed E-state index contributed by atoms with van der Waals surface area (Å²) in [6.45, 7) is 7.67. The summed E-state index contributed by atoms with van der Waals surface area (Å²) >= 11 is 0. The van der Waals surface area contributed by atoms with Crippen molar-refractivity contribution in [2.45, 2.75) is 38.5 Å². The summed E-state index contributed by atoms with van der Waals surface area (Å²) in [7, 11) is -3.08. The second-order valence-electron chi connectivity index (χ2n) is 3.94. The third kappa shape index (κ3) is 2.27. The molecule has 0 spiro atoms. The molecule has 0 radical (unpaired) electrons. The molecule has 0 saturated carbocycles. The summed E-state index contributed by atoms with van der Waals surface area (Å²) in [5.74, 6) is 0. The molecule has 14 heavy (non-hydrogen) atoms. The van der Waals surface area contributed by atoms with Gasteiger partial charge in [0.25, 0.3) is 0 Å². The van der Waals surface area contributed by atoms with Gasteiger partial charge in [0.15, 0.2) is 0 Å². The Labute approximate surface area is 86.7 Å². The maximum atomic E-state index is 11.9. The molecule has 1 aliphatic heterocycles. The van der Waals surface area contributed by atoms with Gasteiger partial charge >= 0.3 is 0 Å². The first-order chi connectivity index (χ1) is 6.50. The highest BCUT2D eigenvalue weighted by molar-refractivity contribution is 7.89. The second kappa shape index (κ2) is 4.59. The van der Waals surface area contributed by atoms with Gasteiger partial charge in [0.2, 0.25) is 10.0 Å². The van der Waals surface area contributed by atoms with Crippen molar-refractivity contribution in [1.29, 1.82) is 0 Å². The van der Waals surface area contributed by atoms with E-state index in [1.54, 1.807) is 18.2 Å². The standard InChI is InChI=1S/C9H20N2O2S/c1-4-11(9-5-6-10-7-9)14(12,13)8(2)3/h8-10H,4-7H2,1-3H3. The van der Waals surface area contributed by atoms with Gasteiger partial charge in [-0.05, 0) is 26.8 Å². The van der Waals surface area contributed by atoms with Crippen molar-refractivity contribution in [3.05, 3.63) is 0 Å². The van der Waals surface area contributed by atoms with Crippen molar-refractivity contribution < 1.29 is 8.42 Å². The lowest BCUT2D eigenvalue weighted by molar-refractivity contribution is 0.345. The number of rotatable bonds is 4. The highest BCUT2D eigenvalue weighted by Crippen LogP contribution is 2.16. The highest BCUT2D eigenvalue weighted by Gasteiger charge is 2.32. The topological polar surface area (TPSA) is 49.4 Å².